The molecule has 0 spiro atoms. The zero-order valence-corrected chi connectivity index (χ0v) is 6.62. The summed E-state index contributed by atoms with van der Waals surface area (Å²) in [4.78, 5) is 4.00. The number of nitrogens with one attached hydrogen (secondary N) is 1. The van der Waals surface area contributed by atoms with Gasteiger partial charge in [0.05, 0.1) is 5.56 Å². The number of aromatic nitrogens is 1. The van der Waals surface area contributed by atoms with E-state index in [0.29, 0.717) is 24.5 Å². The number of anilines is 1. The fourth-order valence-corrected chi connectivity index (χ4v) is 0.827. The Morgan fingerprint density at radius 2 is 2.50 bits per heavy atom. The molecule has 4 heteroatoms. The van der Waals surface area contributed by atoms with Gasteiger partial charge in [-0.05, 0) is 12.1 Å². The molecule has 1 aromatic rings. The van der Waals surface area contributed by atoms with Gasteiger partial charge < -0.3 is 11.1 Å². The number of rotatable bonds is 3. The van der Waals surface area contributed by atoms with Crippen molar-refractivity contribution in [3.05, 3.63) is 23.9 Å². The molecular weight excluding hydrogens is 152 g/mol. The van der Waals surface area contributed by atoms with Gasteiger partial charge in [-0.1, -0.05) is 0 Å². The third-order valence-electron chi connectivity index (χ3n) is 1.36. The van der Waals surface area contributed by atoms with Gasteiger partial charge in [0.15, 0.2) is 0 Å². The van der Waals surface area contributed by atoms with Gasteiger partial charge in [0, 0.05) is 19.3 Å². The van der Waals surface area contributed by atoms with Crippen LogP contribution in [0.4, 0.5) is 5.82 Å². The molecule has 1 heterocycles. The van der Waals surface area contributed by atoms with Gasteiger partial charge in [0.1, 0.15) is 11.9 Å². The molecule has 4 nitrogen and oxygen atoms in total. The van der Waals surface area contributed by atoms with Gasteiger partial charge in [-0.3, -0.25) is 0 Å². The highest BCUT2D eigenvalue weighted by Crippen LogP contribution is 2.08. The van der Waals surface area contributed by atoms with Crippen LogP contribution in [0.5, 0.6) is 0 Å². The maximum absolute atomic E-state index is 8.66. The van der Waals surface area contributed by atoms with E-state index in [1.807, 2.05) is 6.07 Å². The summed E-state index contributed by atoms with van der Waals surface area (Å²) >= 11 is 0. The van der Waals surface area contributed by atoms with Gasteiger partial charge in [-0.15, -0.1) is 0 Å². The predicted molar refractivity (Wildman–Crippen MR) is 46.5 cm³/mol. The minimum absolute atomic E-state index is 0.529. The topological polar surface area (TPSA) is 74.7 Å². The molecule has 0 aliphatic rings. The molecule has 3 N–H and O–H groups in total. The lowest BCUT2D eigenvalue weighted by atomic mass is 10.3. The first-order valence-electron chi connectivity index (χ1n) is 3.67. The Morgan fingerprint density at radius 1 is 1.67 bits per heavy atom. The summed E-state index contributed by atoms with van der Waals surface area (Å²) in [6.45, 7) is 1.16. The second-order valence-corrected chi connectivity index (χ2v) is 2.23. The average molecular weight is 162 g/mol. The Morgan fingerprint density at radius 3 is 3.17 bits per heavy atom. The molecule has 62 valence electrons. The van der Waals surface area contributed by atoms with Crippen LogP contribution in [-0.4, -0.2) is 18.1 Å². The molecule has 0 saturated carbocycles. The first-order valence-corrected chi connectivity index (χ1v) is 3.67. The lowest BCUT2D eigenvalue weighted by Crippen LogP contribution is -2.14. The summed E-state index contributed by atoms with van der Waals surface area (Å²) in [5.41, 5.74) is 5.84. The van der Waals surface area contributed by atoms with Crippen LogP contribution in [0.15, 0.2) is 18.3 Å². The highest BCUT2D eigenvalue weighted by Gasteiger charge is 1.98. The summed E-state index contributed by atoms with van der Waals surface area (Å²) in [6, 6.07) is 5.48. The molecule has 1 rings (SSSR count). The van der Waals surface area contributed by atoms with Crippen LogP contribution in [0.3, 0.4) is 0 Å². The highest BCUT2D eigenvalue weighted by atomic mass is 15.0. The standard InChI is InChI=1S/C8H10N4/c9-3-5-12-8-7(6-10)2-1-4-11-8/h1-2,4H,3,5,9H2,(H,11,12). The van der Waals surface area contributed by atoms with Gasteiger partial charge in [0.2, 0.25) is 0 Å². The molecule has 0 unspecified atom stereocenters. The van der Waals surface area contributed by atoms with Crippen LogP contribution in [-0.2, 0) is 0 Å². The molecule has 0 aromatic carbocycles. The van der Waals surface area contributed by atoms with Crippen molar-refractivity contribution in [3.8, 4) is 6.07 Å². The van der Waals surface area contributed by atoms with E-state index in [-0.39, 0.29) is 0 Å². The number of nitrogens with zero attached hydrogens (tertiary/aromatic N) is 2. The number of hydrogen-bond donors (Lipinski definition) is 2. The molecule has 0 bridgehead atoms. The van der Waals surface area contributed by atoms with E-state index in [1.165, 1.54) is 0 Å². The van der Waals surface area contributed by atoms with Crippen molar-refractivity contribution in [2.75, 3.05) is 18.4 Å². The van der Waals surface area contributed by atoms with E-state index in [1.54, 1.807) is 18.3 Å². The van der Waals surface area contributed by atoms with Gasteiger partial charge in [0.25, 0.3) is 0 Å². The molecule has 0 amide bonds. The lowest BCUT2D eigenvalue weighted by molar-refractivity contribution is 1.01. The molecule has 0 fully saturated rings. The SMILES string of the molecule is N#Cc1cccnc1NCCN. The van der Waals surface area contributed by atoms with E-state index in [9.17, 15) is 0 Å². The lowest BCUT2D eigenvalue weighted by Gasteiger charge is -2.03. The summed E-state index contributed by atoms with van der Waals surface area (Å²) in [7, 11) is 0. The van der Waals surface area contributed by atoms with Crippen molar-refractivity contribution >= 4 is 5.82 Å². The Kier molecular flexibility index (Phi) is 3.05. The number of hydrogen-bond acceptors (Lipinski definition) is 4. The van der Waals surface area contributed by atoms with Crippen molar-refractivity contribution in [3.63, 3.8) is 0 Å². The zero-order chi connectivity index (χ0) is 8.81. The minimum atomic E-state index is 0.529. The monoisotopic (exact) mass is 162 g/mol. The summed E-state index contributed by atoms with van der Waals surface area (Å²) in [5, 5.41) is 11.6. The van der Waals surface area contributed by atoms with Crippen molar-refractivity contribution in [2.24, 2.45) is 5.73 Å². The van der Waals surface area contributed by atoms with E-state index in [0.717, 1.165) is 0 Å². The van der Waals surface area contributed by atoms with E-state index in [4.69, 9.17) is 11.0 Å². The number of pyridine rings is 1. The van der Waals surface area contributed by atoms with Crippen molar-refractivity contribution in [1.82, 2.24) is 4.98 Å². The molecule has 0 aliphatic heterocycles. The largest absolute Gasteiger partial charge is 0.368 e. The maximum Gasteiger partial charge on any atom is 0.143 e. The number of nitrogens with two attached hydrogens (primary N) is 1. The molecule has 0 atom stereocenters. The van der Waals surface area contributed by atoms with Crippen LogP contribution in [0.25, 0.3) is 0 Å². The molecule has 0 radical (unpaired) electrons. The van der Waals surface area contributed by atoms with Crippen molar-refractivity contribution < 1.29 is 0 Å². The Labute approximate surface area is 71.0 Å². The van der Waals surface area contributed by atoms with E-state index in [2.05, 4.69) is 10.3 Å². The van der Waals surface area contributed by atoms with Gasteiger partial charge in [-0.25, -0.2) is 4.98 Å². The molecule has 12 heavy (non-hydrogen) atoms. The minimum Gasteiger partial charge on any atom is -0.368 e. The van der Waals surface area contributed by atoms with Crippen molar-refractivity contribution in [1.29, 1.82) is 5.26 Å². The molecular formula is C8H10N4. The van der Waals surface area contributed by atoms with Crippen LogP contribution in [0.1, 0.15) is 5.56 Å². The maximum atomic E-state index is 8.66. The van der Waals surface area contributed by atoms with Crippen LogP contribution in [0.2, 0.25) is 0 Å². The third-order valence-corrected chi connectivity index (χ3v) is 1.36. The normalized spacial score (nSPS) is 9.00. The molecule has 1 aromatic heterocycles. The first kappa shape index (κ1) is 8.50. The van der Waals surface area contributed by atoms with Crippen LogP contribution < -0.4 is 11.1 Å². The smallest absolute Gasteiger partial charge is 0.143 e. The molecule has 0 aliphatic carbocycles. The Balaban J connectivity index is 2.77. The summed E-state index contributed by atoms with van der Waals surface area (Å²) in [6.07, 6.45) is 1.64. The number of nitriles is 1. The third kappa shape index (κ3) is 1.94. The van der Waals surface area contributed by atoms with Crippen LogP contribution >= 0.6 is 0 Å². The summed E-state index contributed by atoms with van der Waals surface area (Å²) < 4.78 is 0. The Hall–Kier alpha value is -1.60. The highest BCUT2D eigenvalue weighted by molar-refractivity contribution is 5.50. The second kappa shape index (κ2) is 4.31. The van der Waals surface area contributed by atoms with Gasteiger partial charge >= 0.3 is 0 Å². The first-order chi connectivity index (χ1) is 5.88. The zero-order valence-electron chi connectivity index (χ0n) is 6.62. The predicted octanol–water partition coefficient (Wildman–Crippen LogP) is 0.324. The second-order valence-electron chi connectivity index (χ2n) is 2.23. The molecule has 0 saturated heterocycles. The Bertz CT molecular complexity index is 289. The van der Waals surface area contributed by atoms with Crippen molar-refractivity contribution in [2.45, 2.75) is 0 Å². The van der Waals surface area contributed by atoms with E-state index >= 15 is 0 Å². The van der Waals surface area contributed by atoms with Crippen LogP contribution in [0, 0.1) is 11.3 Å². The quantitative estimate of drug-likeness (QED) is 0.671. The fourth-order valence-electron chi connectivity index (χ4n) is 0.827. The average Bonchev–Trinajstić information content (AvgIpc) is 2.15. The summed E-state index contributed by atoms with van der Waals surface area (Å²) in [5.74, 6) is 0.602. The van der Waals surface area contributed by atoms with Gasteiger partial charge in [-0.2, -0.15) is 5.26 Å². The van der Waals surface area contributed by atoms with E-state index < -0.39 is 0 Å². The fraction of sp³-hybridized carbons (Fsp3) is 0.250.